The Hall–Kier alpha value is -1.49. The molecule has 0 aliphatic heterocycles. The van der Waals surface area contributed by atoms with Crippen molar-refractivity contribution in [1.82, 2.24) is 10.1 Å². The lowest BCUT2D eigenvalue weighted by Gasteiger charge is -1.81. The van der Waals surface area contributed by atoms with Crippen LogP contribution in [0.2, 0.25) is 0 Å². The second-order valence-corrected chi connectivity index (χ2v) is 3.61. The molecule has 2 aromatic heterocycles. The topological polar surface area (TPSA) is 56.0 Å². The van der Waals surface area contributed by atoms with E-state index in [-0.39, 0.29) is 0 Å². The summed E-state index contributed by atoms with van der Waals surface area (Å²) in [7, 11) is 0. The van der Waals surface area contributed by atoms with E-state index in [9.17, 15) is 4.79 Å². The molecule has 0 aromatic carbocycles. The van der Waals surface area contributed by atoms with Crippen LogP contribution in [0.15, 0.2) is 16.9 Å². The highest BCUT2D eigenvalue weighted by atomic mass is 32.1. The number of carbonyl (C=O) groups excluding carboxylic acids is 1. The van der Waals surface area contributed by atoms with E-state index in [1.807, 2.05) is 13.0 Å². The fraction of sp³-hybridized carbons (Fsp3) is 0.125. The molecule has 66 valence electrons. The molecule has 2 rings (SSSR count). The molecule has 0 aliphatic rings. The first-order chi connectivity index (χ1) is 6.31. The van der Waals surface area contributed by atoms with Gasteiger partial charge in [0.25, 0.3) is 5.89 Å². The van der Waals surface area contributed by atoms with Crippen LogP contribution in [0.1, 0.15) is 15.2 Å². The van der Waals surface area contributed by atoms with E-state index in [4.69, 9.17) is 4.52 Å². The first-order valence-electron chi connectivity index (χ1n) is 3.64. The molecular formula is C8H6N2O2S. The predicted octanol–water partition coefficient (Wildman–Crippen LogP) is 1.92. The van der Waals surface area contributed by atoms with Crippen molar-refractivity contribution in [3.05, 3.63) is 22.8 Å². The highest BCUT2D eigenvalue weighted by Crippen LogP contribution is 2.28. The Morgan fingerprint density at radius 3 is 3.00 bits per heavy atom. The van der Waals surface area contributed by atoms with E-state index < -0.39 is 0 Å². The Morgan fingerprint density at radius 2 is 2.46 bits per heavy atom. The largest absolute Gasteiger partial charge is 0.333 e. The smallest absolute Gasteiger partial charge is 0.267 e. The average molecular weight is 194 g/mol. The Bertz CT molecular complexity index is 419. The predicted molar refractivity (Wildman–Crippen MR) is 47.7 cm³/mol. The second kappa shape index (κ2) is 3.10. The van der Waals surface area contributed by atoms with Crippen molar-refractivity contribution in [1.29, 1.82) is 0 Å². The number of carbonyl (C=O) groups is 1. The van der Waals surface area contributed by atoms with Crippen LogP contribution < -0.4 is 0 Å². The summed E-state index contributed by atoms with van der Waals surface area (Å²) in [6, 6.07) is 1.86. The minimum absolute atomic E-state index is 0.459. The zero-order valence-corrected chi connectivity index (χ0v) is 7.67. The van der Waals surface area contributed by atoms with Crippen molar-refractivity contribution in [2.75, 3.05) is 0 Å². The lowest BCUT2D eigenvalue weighted by atomic mass is 10.3. The Morgan fingerprint density at radius 1 is 1.62 bits per heavy atom. The number of aromatic nitrogens is 2. The van der Waals surface area contributed by atoms with Gasteiger partial charge in [-0.15, -0.1) is 11.3 Å². The monoisotopic (exact) mass is 194 g/mol. The molecule has 0 amide bonds. The summed E-state index contributed by atoms with van der Waals surface area (Å²) in [6.45, 7) is 1.88. The molecular weight excluding hydrogens is 188 g/mol. The van der Waals surface area contributed by atoms with Crippen molar-refractivity contribution in [3.8, 4) is 10.8 Å². The van der Waals surface area contributed by atoms with Crippen molar-refractivity contribution in [2.24, 2.45) is 0 Å². The average Bonchev–Trinajstić information content (AvgIpc) is 2.71. The molecule has 13 heavy (non-hydrogen) atoms. The summed E-state index contributed by atoms with van der Waals surface area (Å²) >= 11 is 1.35. The van der Waals surface area contributed by atoms with Gasteiger partial charge in [-0.3, -0.25) is 4.79 Å². The van der Waals surface area contributed by atoms with Crippen molar-refractivity contribution < 1.29 is 9.32 Å². The third-order valence-electron chi connectivity index (χ3n) is 1.64. The van der Waals surface area contributed by atoms with E-state index in [2.05, 4.69) is 10.1 Å². The maximum atomic E-state index is 10.6. The van der Waals surface area contributed by atoms with E-state index in [0.717, 1.165) is 16.7 Å². The van der Waals surface area contributed by atoms with Crippen LogP contribution in [0.3, 0.4) is 0 Å². The van der Waals surface area contributed by atoms with E-state index >= 15 is 0 Å². The molecule has 5 heteroatoms. The first-order valence-corrected chi connectivity index (χ1v) is 4.45. The summed E-state index contributed by atoms with van der Waals surface area (Å²) in [5, 5.41) is 3.50. The van der Waals surface area contributed by atoms with Gasteiger partial charge in [-0.05, 0) is 18.6 Å². The molecule has 0 saturated heterocycles. The van der Waals surface area contributed by atoms with Gasteiger partial charge in [0.1, 0.15) is 0 Å². The van der Waals surface area contributed by atoms with Crippen LogP contribution in [-0.4, -0.2) is 16.4 Å². The molecule has 0 fully saturated rings. The van der Waals surface area contributed by atoms with Crippen LogP contribution in [0, 0.1) is 6.92 Å². The number of hydrogen-bond acceptors (Lipinski definition) is 5. The van der Waals surface area contributed by atoms with Crippen LogP contribution in [0.25, 0.3) is 10.8 Å². The van der Waals surface area contributed by atoms with Gasteiger partial charge in [-0.2, -0.15) is 4.98 Å². The van der Waals surface area contributed by atoms with Gasteiger partial charge in [0, 0.05) is 0 Å². The fourth-order valence-electron chi connectivity index (χ4n) is 1.00. The Kier molecular flexibility index (Phi) is 1.94. The number of rotatable bonds is 2. The zero-order chi connectivity index (χ0) is 9.26. The van der Waals surface area contributed by atoms with Crippen molar-refractivity contribution >= 4 is 17.6 Å². The van der Waals surface area contributed by atoms with E-state index in [1.54, 1.807) is 0 Å². The third-order valence-corrected chi connectivity index (χ3v) is 2.79. The van der Waals surface area contributed by atoms with E-state index in [0.29, 0.717) is 10.8 Å². The van der Waals surface area contributed by atoms with Gasteiger partial charge in [0.15, 0.2) is 12.6 Å². The van der Waals surface area contributed by atoms with Gasteiger partial charge in [0.2, 0.25) is 0 Å². The Balaban J connectivity index is 2.48. The number of aldehydes is 1. The zero-order valence-electron chi connectivity index (χ0n) is 6.85. The number of nitrogens with zero attached hydrogens (tertiary/aromatic N) is 2. The molecule has 4 nitrogen and oxygen atoms in total. The molecule has 2 aromatic rings. The van der Waals surface area contributed by atoms with Gasteiger partial charge >= 0.3 is 0 Å². The minimum atomic E-state index is 0.459. The fourth-order valence-corrected chi connectivity index (χ4v) is 1.92. The normalized spacial score (nSPS) is 10.2. The summed E-state index contributed by atoms with van der Waals surface area (Å²) < 4.78 is 4.87. The lowest BCUT2D eigenvalue weighted by molar-refractivity contribution is 0.112. The first kappa shape index (κ1) is 8.12. The highest BCUT2D eigenvalue weighted by molar-refractivity contribution is 7.17. The SMILES string of the molecule is Cc1cc(-c2ncno2)sc1C=O. The van der Waals surface area contributed by atoms with Crippen LogP contribution in [-0.2, 0) is 0 Å². The van der Waals surface area contributed by atoms with Crippen LogP contribution >= 0.6 is 11.3 Å². The standard InChI is InChI=1S/C8H6N2O2S/c1-5-2-6(13-7(5)3-11)8-9-4-10-12-8/h2-4H,1H3. The second-order valence-electron chi connectivity index (χ2n) is 2.52. The third kappa shape index (κ3) is 1.38. The summed E-state index contributed by atoms with van der Waals surface area (Å²) in [4.78, 5) is 16.0. The van der Waals surface area contributed by atoms with Gasteiger partial charge in [-0.25, -0.2) is 0 Å². The number of aryl methyl sites for hydroxylation is 1. The minimum Gasteiger partial charge on any atom is -0.333 e. The van der Waals surface area contributed by atoms with E-state index in [1.165, 1.54) is 17.7 Å². The number of thiophene rings is 1. The summed E-state index contributed by atoms with van der Waals surface area (Å²) in [5.41, 5.74) is 0.938. The summed E-state index contributed by atoms with van der Waals surface area (Å²) in [6.07, 6.45) is 2.17. The van der Waals surface area contributed by atoms with Crippen LogP contribution in [0.5, 0.6) is 0 Å². The molecule has 0 aliphatic carbocycles. The molecule has 0 spiro atoms. The lowest BCUT2D eigenvalue weighted by Crippen LogP contribution is -1.72. The quantitative estimate of drug-likeness (QED) is 0.685. The van der Waals surface area contributed by atoms with Crippen molar-refractivity contribution in [3.63, 3.8) is 0 Å². The molecule has 0 unspecified atom stereocenters. The molecule has 0 bridgehead atoms. The Labute approximate surface area is 78.2 Å². The van der Waals surface area contributed by atoms with Gasteiger partial charge < -0.3 is 4.52 Å². The van der Waals surface area contributed by atoms with Crippen molar-refractivity contribution in [2.45, 2.75) is 6.92 Å². The van der Waals surface area contributed by atoms with Gasteiger partial charge in [-0.1, -0.05) is 5.16 Å². The maximum absolute atomic E-state index is 10.6. The maximum Gasteiger partial charge on any atom is 0.267 e. The molecule has 0 N–H and O–H groups in total. The summed E-state index contributed by atoms with van der Waals surface area (Å²) in [5.74, 6) is 0.459. The molecule has 0 atom stereocenters. The molecule has 0 radical (unpaired) electrons. The highest BCUT2D eigenvalue weighted by Gasteiger charge is 2.10. The molecule has 2 heterocycles. The van der Waals surface area contributed by atoms with Crippen LogP contribution in [0.4, 0.5) is 0 Å². The number of hydrogen-bond donors (Lipinski definition) is 0. The molecule has 0 saturated carbocycles. The van der Waals surface area contributed by atoms with Gasteiger partial charge in [0.05, 0.1) is 9.75 Å².